The summed E-state index contributed by atoms with van der Waals surface area (Å²) in [4.78, 5) is 3.96. The monoisotopic (exact) mass is 285 g/mol. The van der Waals surface area contributed by atoms with Crippen molar-refractivity contribution in [2.75, 3.05) is 6.61 Å². The molecule has 0 radical (unpaired) electrons. The molecule has 1 rings (SSSR count). The van der Waals surface area contributed by atoms with Crippen LogP contribution in [0.5, 0.6) is 5.75 Å². The van der Waals surface area contributed by atoms with E-state index >= 15 is 0 Å². The summed E-state index contributed by atoms with van der Waals surface area (Å²) in [6.07, 6.45) is 3.22. The summed E-state index contributed by atoms with van der Waals surface area (Å²) in [5.41, 5.74) is 1.20. The summed E-state index contributed by atoms with van der Waals surface area (Å²) in [7, 11) is 0. The van der Waals surface area contributed by atoms with Gasteiger partial charge in [0.2, 0.25) is 0 Å². The van der Waals surface area contributed by atoms with Gasteiger partial charge in [0.1, 0.15) is 6.61 Å². The van der Waals surface area contributed by atoms with Gasteiger partial charge in [0, 0.05) is 5.56 Å². The van der Waals surface area contributed by atoms with E-state index < -0.39 is 0 Å². The molecule has 19 heavy (non-hydrogen) atoms. The third kappa shape index (κ3) is 6.99. The number of aromatic nitrogens is 1. The van der Waals surface area contributed by atoms with Crippen LogP contribution in [0, 0.1) is 0 Å². The Morgan fingerprint density at radius 1 is 1.32 bits per heavy atom. The van der Waals surface area contributed by atoms with Gasteiger partial charge < -0.3 is 9.84 Å². The van der Waals surface area contributed by atoms with Crippen LogP contribution in [0.4, 0.5) is 0 Å². The second-order valence-corrected chi connectivity index (χ2v) is 3.14. The molecule has 0 amide bonds. The predicted octanol–water partition coefficient (Wildman–Crippen LogP) is 4.49. The van der Waals surface area contributed by atoms with Crippen LogP contribution in [0.3, 0.4) is 0 Å². The largest absolute Gasteiger partial charge is 0.486 e. The van der Waals surface area contributed by atoms with Crippen LogP contribution in [-0.4, -0.2) is 16.7 Å². The number of halogens is 1. The minimum Gasteiger partial charge on any atom is -0.486 e. The number of nitrogens with zero attached hydrogens (tertiary/aromatic N) is 1. The standard InChI is InChI=1S/C11H12ClNO2.2C2H6/c1-3-5-15-10-8(4-2)6-9(7-14)13-11(10)12;2*1-2/h3-4,6,14H,1-2,5,7H2;2*1-2H3. The van der Waals surface area contributed by atoms with Crippen LogP contribution < -0.4 is 4.74 Å². The number of aliphatic hydroxyl groups is 1. The Balaban J connectivity index is 0. The molecule has 108 valence electrons. The van der Waals surface area contributed by atoms with Crippen molar-refractivity contribution in [2.24, 2.45) is 0 Å². The Morgan fingerprint density at radius 3 is 2.32 bits per heavy atom. The molecule has 0 aliphatic rings. The van der Waals surface area contributed by atoms with Crippen LogP contribution >= 0.6 is 11.6 Å². The second-order valence-electron chi connectivity index (χ2n) is 2.78. The Morgan fingerprint density at radius 2 is 1.89 bits per heavy atom. The summed E-state index contributed by atoms with van der Waals surface area (Å²) < 4.78 is 5.34. The maximum absolute atomic E-state index is 8.94. The van der Waals surface area contributed by atoms with Crippen molar-refractivity contribution in [2.45, 2.75) is 34.3 Å². The summed E-state index contributed by atoms with van der Waals surface area (Å²) >= 11 is 5.90. The van der Waals surface area contributed by atoms with Gasteiger partial charge in [-0.05, 0) is 6.07 Å². The SMILES string of the molecule is C=CCOc1c(C=C)cc(CO)nc1Cl.CC.CC. The molecule has 0 saturated carbocycles. The van der Waals surface area contributed by atoms with Gasteiger partial charge in [-0.2, -0.15) is 0 Å². The van der Waals surface area contributed by atoms with Crippen LogP contribution in [0.15, 0.2) is 25.3 Å². The van der Waals surface area contributed by atoms with E-state index in [1.54, 1.807) is 18.2 Å². The molecule has 1 aromatic rings. The number of aliphatic hydroxyl groups excluding tert-OH is 1. The maximum Gasteiger partial charge on any atom is 0.172 e. The summed E-state index contributed by atoms with van der Waals surface area (Å²) in [6.45, 7) is 15.4. The van der Waals surface area contributed by atoms with Gasteiger partial charge >= 0.3 is 0 Å². The lowest BCUT2D eigenvalue weighted by molar-refractivity contribution is 0.276. The lowest BCUT2D eigenvalue weighted by atomic mass is 10.2. The van der Waals surface area contributed by atoms with Gasteiger partial charge in [-0.3, -0.25) is 0 Å². The van der Waals surface area contributed by atoms with Crippen molar-refractivity contribution in [3.8, 4) is 5.75 Å². The molecule has 0 aliphatic heterocycles. The molecule has 0 aliphatic carbocycles. The molecular weight excluding hydrogens is 262 g/mol. The highest BCUT2D eigenvalue weighted by Crippen LogP contribution is 2.28. The van der Waals surface area contributed by atoms with Crippen LogP contribution in [0.2, 0.25) is 5.15 Å². The number of hydrogen-bond donors (Lipinski definition) is 1. The topological polar surface area (TPSA) is 42.4 Å². The Kier molecular flexibility index (Phi) is 13.8. The van der Waals surface area contributed by atoms with Crippen molar-refractivity contribution in [3.63, 3.8) is 0 Å². The first-order chi connectivity index (χ1) is 9.22. The summed E-state index contributed by atoms with van der Waals surface area (Å²) in [5, 5.41) is 9.16. The average Bonchev–Trinajstić information content (AvgIpc) is 2.49. The molecule has 1 N–H and O–H groups in total. The lowest BCUT2D eigenvalue weighted by Gasteiger charge is -2.10. The van der Waals surface area contributed by atoms with Crippen molar-refractivity contribution >= 4 is 17.7 Å². The minimum absolute atomic E-state index is 0.164. The van der Waals surface area contributed by atoms with Gasteiger partial charge in [0.15, 0.2) is 10.9 Å². The highest BCUT2D eigenvalue weighted by Gasteiger charge is 2.09. The van der Waals surface area contributed by atoms with Crippen molar-refractivity contribution in [1.82, 2.24) is 4.98 Å². The molecule has 0 atom stereocenters. The minimum atomic E-state index is -0.164. The van der Waals surface area contributed by atoms with Crippen LogP contribution in [0.25, 0.3) is 6.08 Å². The molecule has 0 fully saturated rings. The average molecular weight is 286 g/mol. The van der Waals surface area contributed by atoms with E-state index in [2.05, 4.69) is 18.1 Å². The molecule has 1 aromatic heterocycles. The van der Waals surface area contributed by atoms with Crippen molar-refractivity contribution in [3.05, 3.63) is 41.7 Å². The zero-order valence-corrected chi connectivity index (χ0v) is 13.0. The van der Waals surface area contributed by atoms with Crippen LogP contribution in [0.1, 0.15) is 39.0 Å². The highest BCUT2D eigenvalue weighted by molar-refractivity contribution is 6.31. The Bertz CT molecular complexity index is 379. The molecule has 0 bridgehead atoms. The van der Waals surface area contributed by atoms with E-state index in [1.165, 1.54) is 0 Å². The fraction of sp³-hybridized carbons (Fsp3) is 0.400. The maximum atomic E-state index is 8.94. The van der Waals surface area contributed by atoms with E-state index in [9.17, 15) is 0 Å². The van der Waals surface area contributed by atoms with Gasteiger partial charge in [0.05, 0.1) is 12.3 Å². The number of pyridine rings is 1. The molecular formula is C15H24ClNO2. The second kappa shape index (κ2) is 13.1. The normalized spacial score (nSPS) is 8.32. The quantitative estimate of drug-likeness (QED) is 0.640. The number of ether oxygens (including phenoxy) is 1. The number of hydrogen-bond acceptors (Lipinski definition) is 3. The molecule has 4 heteroatoms. The molecule has 0 spiro atoms. The summed E-state index contributed by atoms with van der Waals surface area (Å²) in [5.74, 6) is 0.462. The molecule has 0 saturated heterocycles. The zero-order valence-electron chi connectivity index (χ0n) is 12.2. The summed E-state index contributed by atoms with van der Waals surface area (Å²) in [6, 6.07) is 1.68. The van der Waals surface area contributed by atoms with Crippen molar-refractivity contribution in [1.29, 1.82) is 0 Å². The first-order valence-electron chi connectivity index (χ1n) is 6.39. The highest BCUT2D eigenvalue weighted by atomic mass is 35.5. The smallest absolute Gasteiger partial charge is 0.172 e. The van der Waals surface area contributed by atoms with Gasteiger partial charge in [-0.15, -0.1) is 0 Å². The van der Waals surface area contributed by atoms with E-state index in [0.29, 0.717) is 23.6 Å². The van der Waals surface area contributed by atoms with E-state index in [0.717, 1.165) is 0 Å². The van der Waals surface area contributed by atoms with E-state index in [1.807, 2.05) is 27.7 Å². The van der Waals surface area contributed by atoms with E-state index in [-0.39, 0.29) is 11.8 Å². The Hall–Kier alpha value is -1.32. The third-order valence-corrected chi connectivity index (χ3v) is 2.00. The fourth-order valence-corrected chi connectivity index (χ4v) is 1.36. The number of rotatable bonds is 5. The molecule has 0 unspecified atom stereocenters. The molecule has 0 aromatic carbocycles. The first-order valence-corrected chi connectivity index (χ1v) is 6.77. The van der Waals surface area contributed by atoms with Gasteiger partial charge in [0.25, 0.3) is 0 Å². The third-order valence-electron chi connectivity index (χ3n) is 1.74. The van der Waals surface area contributed by atoms with E-state index in [4.69, 9.17) is 21.4 Å². The predicted molar refractivity (Wildman–Crippen MR) is 83.6 cm³/mol. The van der Waals surface area contributed by atoms with Crippen LogP contribution in [-0.2, 0) is 6.61 Å². The zero-order chi connectivity index (χ0) is 15.3. The van der Waals surface area contributed by atoms with Gasteiger partial charge in [-0.1, -0.05) is 64.6 Å². The Labute approximate surface area is 121 Å². The molecule has 1 heterocycles. The lowest BCUT2D eigenvalue weighted by Crippen LogP contribution is -2.00. The van der Waals surface area contributed by atoms with Gasteiger partial charge in [-0.25, -0.2) is 4.98 Å². The fourth-order valence-electron chi connectivity index (χ4n) is 1.09. The molecule has 3 nitrogen and oxygen atoms in total. The van der Waals surface area contributed by atoms with Crippen molar-refractivity contribution < 1.29 is 9.84 Å². The first kappa shape index (κ1) is 20.0.